The van der Waals surface area contributed by atoms with E-state index in [0.717, 1.165) is 0 Å². The van der Waals surface area contributed by atoms with Gasteiger partial charge in [-0.15, -0.1) is 0 Å². The van der Waals surface area contributed by atoms with Crippen LogP contribution < -0.4 is 9.47 Å². The minimum Gasteiger partial charge on any atom is -0.493 e. The van der Waals surface area contributed by atoms with E-state index in [2.05, 4.69) is 4.98 Å². The van der Waals surface area contributed by atoms with Gasteiger partial charge in [0.1, 0.15) is 5.75 Å². The Labute approximate surface area is 136 Å². The first-order valence-corrected chi connectivity index (χ1v) is 7.01. The summed E-state index contributed by atoms with van der Waals surface area (Å²) in [5.41, 5.74) is 0.100. The predicted molar refractivity (Wildman–Crippen MR) is 86.5 cm³/mol. The van der Waals surface area contributed by atoms with Gasteiger partial charge in [0, 0.05) is 11.2 Å². The number of hydrogen-bond acceptors (Lipinski definition) is 5. The molecule has 0 aliphatic carbocycles. The molecule has 0 unspecified atom stereocenters. The molecule has 3 aromatic rings. The molecule has 7 heteroatoms. The van der Waals surface area contributed by atoms with Gasteiger partial charge >= 0.3 is 0 Å². The van der Waals surface area contributed by atoms with E-state index in [9.17, 15) is 10.1 Å². The van der Waals surface area contributed by atoms with Crippen molar-refractivity contribution in [2.24, 2.45) is 0 Å². The van der Waals surface area contributed by atoms with Crippen LogP contribution in [0.25, 0.3) is 10.9 Å². The topological polar surface area (TPSA) is 74.5 Å². The van der Waals surface area contributed by atoms with Gasteiger partial charge in [0.05, 0.1) is 23.5 Å². The molecule has 0 aliphatic heterocycles. The van der Waals surface area contributed by atoms with Crippen molar-refractivity contribution < 1.29 is 14.4 Å². The summed E-state index contributed by atoms with van der Waals surface area (Å²) in [5, 5.41) is 12.3. The molecule has 3 rings (SSSR count). The van der Waals surface area contributed by atoms with Crippen molar-refractivity contribution in [1.29, 1.82) is 0 Å². The third-order valence-corrected chi connectivity index (χ3v) is 3.49. The first kappa shape index (κ1) is 15.1. The van der Waals surface area contributed by atoms with Crippen LogP contribution >= 0.6 is 11.6 Å². The molecule has 0 bridgehead atoms. The van der Waals surface area contributed by atoms with Gasteiger partial charge in [0.2, 0.25) is 0 Å². The molecule has 0 aliphatic rings. The second-order valence-electron chi connectivity index (χ2n) is 4.64. The van der Waals surface area contributed by atoms with Gasteiger partial charge in [0.15, 0.2) is 17.0 Å². The van der Waals surface area contributed by atoms with E-state index >= 15 is 0 Å². The van der Waals surface area contributed by atoms with Crippen LogP contribution in [0.5, 0.6) is 17.2 Å². The molecule has 0 radical (unpaired) electrons. The molecular formula is C16H11ClN2O4. The number of aromatic nitrogens is 1. The number of methoxy groups -OCH3 is 1. The molecule has 0 amide bonds. The number of rotatable bonds is 4. The quantitative estimate of drug-likeness (QED) is 0.516. The minimum absolute atomic E-state index is 0.138. The summed E-state index contributed by atoms with van der Waals surface area (Å²) in [6, 6.07) is 11.5. The highest BCUT2D eigenvalue weighted by atomic mass is 35.5. The summed E-state index contributed by atoms with van der Waals surface area (Å²) in [6.45, 7) is 0. The number of benzene rings is 2. The Morgan fingerprint density at radius 3 is 2.61 bits per heavy atom. The summed E-state index contributed by atoms with van der Waals surface area (Å²) in [6.07, 6.45) is 1.49. The number of pyridine rings is 1. The van der Waals surface area contributed by atoms with Crippen LogP contribution in [0.4, 0.5) is 5.69 Å². The standard InChI is InChI=1S/C16H11ClN2O4/c1-22-14-9-13(19(20)21)15-12(3-2-8-18-15)16(14)23-11-6-4-10(17)5-7-11/h2-9H,1H3. The zero-order chi connectivity index (χ0) is 16.4. The summed E-state index contributed by atoms with van der Waals surface area (Å²) < 4.78 is 11.1. The Morgan fingerprint density at radius 2 is 1.96 bits per heavy atom. The number of non-ortho nitro benzene ring substituents is 1. The lowest BCUT2D eigenvalue weighted by Gasteiger charge is -2.13. The van der Waals surface area contributed by atoms with E-state index in [4.69, 9.17) is 21.1 Å². The normalized spacial score (nSPS) is 10.5. The fourth-order valence-electron chi connectivity index (χ4n) is 2.20. The van der Waals surface area contributed by atoms with Crippen molar-refractivity contribution in [2.75, 3.05) is 7.11 Å². The lowest BCUT2D eigenvalue weighted by molar-refractivity contribution is -0.383. The molecule has 0 atom stereocenters. The molecule has 1 aromatic heterocycles. The van der Waals surface area contributed by atoms with Crippen LogP contribution in [0.15, 0.2) is 48.7 Å². The van der Waals surface area contributed by atoms with Crippen molar-refractivity contribution in [2.45, 2.75) is 0 Å². The van der Waals surface area contributed by atoms with E-state index < -0.39 is 4.92 Å². The fraction of sp³-hybridized carbons (Fsp3) is 0.0625. The van der Waals surface area contributed by atoms with Gasteiger partial charge in [-0.05, 0) is 36.4 Å². The van der Waals surface area contributed by atoms with E-state index in [1.54, 1.807) is 36.4 Å². The number of ether oxygens (including phenoxy) is 2. The zero-order valence-electron chi connectivity index (χ0n) is 12.0. The number of halogens is 1. The largest absolute Gasteiger partial charge is 0.493 e. The number of nitro groups is 1. The maximum atomic E-state index is 11.2. The average Bonchev–Trinajstić information content (AvgIpc) is 2.56. The number of nitro benzene ring substituents is 1. The van der Waals surface area contributed by atoms with Crippen molar-refractivity contribution in [3.8, 4) is 17.2 Å². The molecule has 1 heterocycles. The SMILES string of the molecule is COc1cc([N+](=O)[O-])c2ncccc2c1Oc1ccc(Cl)cc1. The molecule has 23 heavy (non-hydrogen) atoms. The maximum absolute atomic E-state index is 11.2. The van der Waals surface area contributed by atoms with Crippen molar-refractivity contribution in [1.82, 2.24) is 4.98 Å². The maximum Gasteiger partial charge on any atom is 0.299 e. The number of fused-ring (bicyclic) bond motifs is 1. The lowest BCUT2D eigenvalue weighted by Crippen LogP contribution is -1.97. The molecule has 0 fully saturated rings. The Morgan fingerprint density at radius 1 is 1.22 bits per heavy atom. The highest BCUT2D eigenvalue weighted by Gasteiger charge is 2.22. The Hall–Kier alpha value is -2.86. The van der Waals surface area contributed by atoms with Crippen molar-refractivity contribution in [3.63, 3.8) is 0 Å². The van der Waals surface area contributed by atoms with E-state index in [1.807, 2.05) is 0 Å². The summed E-state index contributed by atoms with van der Waals surface area (Å²) >= 11 is 5.86. The van der Waals surface area contributed by atoms with Gasteiger partial charge in [-0.25, -0.2) is 4.98 Å². The lowest BCUT2D eigenvalue weighted by atomic mass is 10.1. The van der Waals surface area contributed by atoms with Crippen LogP contribution in [0.1, 0.15) is 0 Å². The molecule has 0 spiro atoms. The highest BCUT2D eigenvalue weighted by molar-refractivity contribution is 6.30. The van der Waals surface area contributed by atoms with Gasteiger partial charge < -0.3 is 9.47 Å². The monoisotopic (exact) mass is 330 g/mol. The molecule has 0 saturated heterocycles. The van der Waals surface area contributed by atoms with Gasteiger partial charge in [0.25, 0.3) is 5.69 Å². The summed E-state index contributed by atoms with van der Waals surface area (Å²) in [5.74, 6) is 1.15. The van der Waals surface area contributed by atoms with E-state index in [-0.39, 0.29) is 17.0 Å². The number of hydrogen-bond donors (Lipinski definition) is 0. The Kier molecular flexibility index (Phi) is 3.99. The molecule has 0 N–H and O–H groups in total. The third kappa shape index (κ3) is 2.89. The Balaban J connectivity index is 2.20. The van der Waals surface area contributed by atoms with Gasteiger partial charge in [-0.1, -0.05) is 11.6 Å². The van der Waals surface area contributed by atoms with Crippen molar-refractivity contribution >= 4 is 28.2 Å². The minimum atomic E-state index is -0.496. The number of nitrogens with zero attached hydrogens (tertiary/aromatic N) is 2. The zero-order valence-corrected chi connectivity index (χ0v) is 12.8. The van der Waals surface area contributed by atoms with Crippen LogP contribution in [-0.4, -0.2) is 17.0 Å². The molecular weight excluding hydrogens is 320 g/mol. The first-order chi connectivity index (χ1) is 11.1. The Bertz CT molecular complexity index is 881. The van der Waals surface area contributed by atoms with Gasteiger partial charge in [-0.2, -0.15) is 0 Å². The average molecular weight is 331 g/mol. The van der Waals surface area contributed by atoms with Crippen LogP contribution in [0.2, 0.25) is 5.02 Å². The van der Waals surface area contributed by atoms with Gasteiger partial charge in [-0.3, -0.25) is 10.1 Å². The van der Waals surface area contributed by atoms with Crippen molar-refractivity contribution in [3.05, 3.63) is 63.8 Å². The summed E-state index contributed by atoms with van der Waals surface area (Å²) in [4.78, 5) is 14.8. The molecule has 6 nitrogen and oxygen atoms in total. The first-order valence-electron chi connectivity index (χ1n) is 6.63. The highest BCUT2D eigenvalue weighted by Crippen LogP contribution is 2.42. The fourth-order valence-corrected chi connectivity index (χ4v) is 2.33. The second kappa shape index (κ2) is 6.10. The third-order valence-electron chi connectivity index (χ3n) is 3.24. The molecule has 2 aromatic carbocycles. The predicted octanol–water partition coefficient (Wildman–Crippen LogP) is 4.60. The molecule has 0 saturated carbocycles. The summed E-state index contributed by atoms with van der Waals surface area (Å²) in [7, 11) is 1.43. The smallest absolute Gasteiger partial charge is 0.299 e. The second-order valence-corrected chi connectivity index (χ2v) is 5.08. The van der Waals surface area contributed by atoms with Crippen LogP contribution in [0.3, 0.4) is 0 Å². The molecule has 116 valence electrons. The van der Waals surface area contributed by atoms with E-state index in [0.29, 0.717) is 21.9 Å². The van der Waals surface area contributed by atoms with Crippen LogP contribution in [-0.2, 0) is 0 Å². The van der Waals surface area contributed by atoms with Crippen LogP contribution in [0, 0.1) is 10.1 Å². The van der Waals surface area contributed by atoms with E-state index in [1.165, 1.54) is 19.4 Å².